The number of carbonyl (C=O) groups excluding carboxylic acids is 1. The molecular weight excluding hydrogens is 188 g/mol. The normalized spacial score (nSPS) is 10.4. The standard InChI is InChI=1S/C13H18O2/c1-4-11-6-5-7-12(8-11)15-9-13(14)10(2)3/h5-8,10H,4,9H2,1-3H3. The first kappa shape index (κ1) is 11.8. The molecule has 2 nitrogen and oxygen atoms in total. The van der Waals surface area contributed by atoms with Gasteiger partial charge in [-0.1, -0.05) is 32.9 Å². The maximum absolute atomic E-state index is 11.3. The lowest BCUT2D eigenvalue weighted by Crippen LogP contribution is -2.16. The van der Waals surface area contributed by atoms with Crippen LogP contribution in [0.4, 0.5) is 0 Å². The number of hydrogen-bond acceptors (Lipinski definition) is 2. The van der Waals surface area contributed by atoms with E-state index in [1.807, 2.05) is 32.0 Å². The van der Waals surface area contributed by atoms with E-state index in [0.717, 1.165) is 12.2 Å². The smallest absolute Gasteiger partial charge is 0.172 e. The molecule has 0 N–H and O–H groups in total. The van der Waals surface area contributed by atoms with Gasteiger partial charge in [-0.05, 0) is 24.1 Å². The molecule has 82 valence electrons. The number of aryl methyl sites for hydroxylation is 1. The zero-order valence-corrected chi connectivity index (χ0v) is 9.62. The van der Waals surface area contributed by atoms with E-state index in [2.05, 4.69) is 13.0 Å². The largest absolute Gasteiger partial charge is 0.486 e. The van der Waals surface area contributed by atoms with E-state index in [1.54, 1.807) is 0 Å². The van der Waals surface area contributed by atoms with Gasteiger partial charge in [-0.25, -0.2) is 0 Å². The average molecular weight is 206 g/mol. The first-order valence-corrected chi connectivity index (χ1v) is 5.38. The Morgan fingerprint density at radius 1 is 1.40 bits per heavy atom. The molecule has 2 heteroatoms. The van der Waals surface area contributed by atoms with Crippen LogP contribution in [0.15, 0.2) is 24.3 Å². The highest BCUT2D eigenvalue weighted by molar-refractivity contribution is 5.81. The molecule has 0 aliphatic carbocycles. The molecule has 0 amide bonds. The first-order valence-electron chi connectivity index (χ1n) is 5.38. The van der Waals surface area contributed by atoms with Crippen molar-refractivity contribution in [2.75, 3.05) is 6.61 Å². The number of carbonyl (C=O) groups is 1. The molecule has 1 aromatic rings. The van der Waals surface area contributed by atoms with Gasteiger partial charge in [0.05, 0.1) is 0 Å². The molecule has 15 heavy (non-hydrogen) atoms. The Hall–Kier alpha value is -1.31. The van der Waals surface area contributed by atoms with Crippen molar-refractivity contribution in [3.8, 4) is 5.75 Å². The van der Waals surface area contributed by atoms with E-state index in [4.69, 9.17) is 4.74 Å². The molecule has 0 saturated carbocycles. The minimum Gasteiger partial charge on any atom is -0.486 e. The quantitative estimate of drug-likeness (QED) is 0.740. The molecule has 0 atom stereocenters. The number of hydrogen-bond donors (Lipinski definition) is 0. The van der Waals surface area contributed by atoms with Crippen molar-refractivity contribution in [2.45, 2.75) is 27.2 Å². The lowest BCUT2D eigenvalue weighted by molar-refractivity contribution is -0.123. The van der Waals surface area contributed by atoms with Gasteiger partial charge in [-0.15, -0.1) is 0 Å². The van der Waals surface area contributed by atoms with Crippen LogP contribution in [-0.2, 0) is 11.2 Å². The Morgan fingerprint density at radius 2 is 2.13 bits per heavy atom. The number of benzene rings is 1. The maximum Gasteiger partial charge on any atom is 0.172 e. The average Bonchev–Trinajstić information content (AvgIpc) is 2.26. The SMILES string of the molecule is CCc1cccc(OCC(=O)C(C)C)c1. The Morgan fingerprint density at radius 3 is 2.73 bits per heavy atom. The van der Waals surface area contributed by atoms with Crippen LogP contribution in [0.2, 0.25) is 0 Å². The number of ketones is 1. The minimum absolute atomic E-state index is 0.0411. The van der Waals surface area contributed by atoms with Crippen LogP contribution >= 0.6 is 0 Å². The summed E-state index contributed by atoms with van der Waals surface area (Å²) < 4.78 is 5.42. The molecule has 0 heterocycles. The lowest BCUT2D eigenvalue weighted by Gasteiger charge is -2.08. The third kappa shape index (κ3) is 3.74. The highest BCUT2D eigenvalue weighted by atomic mass is 16.5. The van der Waals surface area contributed by atoms with Gasteiger partial charge in [0.15, 0.2) is 5.78 Å². The van der Waals surface area contributed by atoms with Gasteiger partial charge in [0.1, 0.15) is 12.4 Å². The summed E-state index contributed by atoms with van der Waals surface area (Å²) in [7, 11) is 0. The molecular formula is C13H18O2. The van der Waals surface area contributed by atoms with Crippen molar-refractivity contribution < 1.29 is 9.53 Å². The third-order valence-corrected chi connectivity index (χ3v) is 2.33. The second-order valence-corrected chi connectivity index (χ2v) is 3.91. The monoisotopic (exact) mass is 206 g/mol. The second kappa shape index (κ2) is 5.54. The summed E-state index contributed by atoms with van der Waals surface area (Å²) in [5.74, 6) is 0.958. The highest BCUT2D eigenvalue weighted by Crippen LogP contribution is 2.13. The highest BCUT2D eigenvalue weighted by Gasteiger charge is 2.07. The predicted molar refractivity (Wildman–Crippen MR) is 61.2 cm³/mol. The zero-order chi connectivity index (χ0) is 11.3. The van der Waals surface area contributed by atoms with E-state index >= 15 is 0 Å². The molecule has 0 aliphatic rings. The van der Waals surface area contributed by atoms with Crippen LogP contribution in [0.5, 0.6) is 5.75 Å². The molecule has 0 unspecified atom stereocenters. The van der Waals surface area contributed by atoms with Crippen molar-refractivity contribution in [1.29, 1.82) is 0 Å². The fraction of sp³-hybridized carbons (Fsp3) is 0.462. The van der Waals surface area contributed by atoms with E-state index < -0.39 is 0 Å². The molecule has 0 aliphatic heterocycles. The molecule has 0 aromatic heterocycles. The van der Waals surface area contributed by atoms with Gasteiger partial charge in [0.25, 0.3) is 0 Å². The van der Waals surface area contributed by atoms with Crippen molar-refractivity contribution in [3.63, 3.8) is 0 Å². The third-order valence-electron chi connectivity index (χ3n) is 2.33. The Labute approximate surface area is 91.3 Å². The van der Waals surface area contributed by atoms with Crippen molar-refractivity contribution in [1.82, 2.24) is 0 Å². The summed E-state index contributed by atoms with van der Waals surface area (Å²) >= 11 is 0. The zero-order valence-electron chi connectivity index (χ0n) is 9.62. The van der Waals surface area contributed by atoms with Gasteiger partial charge in [-0.3, -0.25) is 4.79 Å². The van der Waals surface area contributed by atoms with Crippen LogP contribution in [-0.4, -0.2) is 12.4 Å². The molecule has 0 fully saturated rings. The topological polar surface area (TPSA) is 26.3 Å². The summed E-state index contributed by atoms with van der Waals surface area (Å²) in [5.41, 5.74) is 1.23. The Bertz CT molecular complexity index is 329. The fourth-order valence-corrected chi connectivity index (χ4v) is 1.18. The van der Waals surface area contributed by atoms with Gasteiger partial charge >= 0.3 is 0 Å². The van der Waals surface area contributed by atoms with Crippen molar-refractivity contribution in [3.05, 3.63) is 29.8 Å². The second-order valence-electron chi connectivity index (χ2n) is 3.91. The number of ether oxygens (including phenoxy) is 1. The van der Waals surface area contributed by atoms with Gasteiger partial charge in [0.2, 0.25) is 0 Å². The summed E-state index contributed by atoms with van der Waals surface area (Å²) in [6, 6.07) is 7.87. The van der Waals surface area contributed by atoms with Crippen LogP contribution in [0.25, 0.3) is 0 Å². The van der Waals surface area contributed by atoms with E-state index in [0.29, 0.717) is 0 Å². The van der Waals surface area contributed by atoms with E-state index in [-0.39, 0.29) is 18.3 Å². The number of rotatable bonds is 5. The Kier molecular flexibility index (Phi) is 4.35. The maximum atomic E-state index is 11.3. The van der Waals surface area contributed by atoms with E-state index in [1.165, 1.54) is 5.56 Å². The predicted octanol–water partition coefficient (Wildman–Crippen LogP) is 2.85. The van der Waals surface area contributed by atoms with Crippen LogP contribution in [0.1, 0.15) is 26.3 Å². The molecule has 0 bridgehead atoms. The summed E-state index contributed by atoms with van der Waals surface area (Å²) in [4.78, 5) is 11.3. The van der Waals surface area contributed by atoms with Crippen molar-refractivity contribution >= 4 is 5.78 Å². The summed E-state index contributed by atoms with van der Waals surface area (Å²) in [6.07, 6.45) is 0.981. The molecule has 1 rings (SSSR count). The molecule has 0 saturated heterocycles. The van der Waals surface area contributed by atoms with Crippen LogP contribution in [0.3, 0.4) is 0 Å². The summed E-state index contributed by atoms with van der Waals surface area (Å²) in [6.45, 7) is 6.03. The van der Waals surface area contributed by atoms with Crippen LogP contribution in [0, 0.1) is 5.92 Å². The van der Waals surface area contributed by atoms with E-state index in [9.17, 15) is 4.79 Å². The van der Waals surface area contributed by atoms with Gasteiger partial charge in [0, 0.05) is 5.92 Å². The number of Topliss-reactive ketones (excluding diaryl/α,β-unsaturated/α-hetero) is 1. The minimum atomic E-state index is 0.0411. The fourth-order valence-electron chi connectivity index (χ4n) is 1.18. The summed E-state index contributed by atoms with van der Waals surface area (Å²) in [5, 5.41) is 0. The molecule has 0 radical (unpaired) electrons. The first-order chi connectivity index (χ1) is 7.13. The van der Waals surface area contributed by atoms with Crippen molar-refractivity contribution in [2.24, 2.45) is 5.92 Å². The Balaban J connectivity index is 2.54. The van der Waals surface area contributed by atoms with Gasteiger partial charge < -0.3 is 4.74 Å². The molecule has 1 aromatic carbocycles. The van der Waals surface area contributed by atoms with Gasteiger partial charge in [-0.2, -0.15) is 0 Å². The molecule has 0 spiro atoms. The lowest BCUT2D eigenvalue weighted by atomic mass is 10.1. The van der Waals surface area contributed by atoms with Crippen LogP contribution < -0.4 is 4.74 Å².